The number of benzene rings is 4. The maximum absolute atomic E-state index is 15.2. The second-order valence-electron chi connectivity index (χ2n) is 19.2. The fraction of sp³-hybridized carbons (Fsp3) is 0.370. The molecule has 4 N–H and O–H groups in total. The molecule has 370 valence electrons. The van der Waals surface area contributed by atoms with Crippen molar-refractivity contribution in [2.24, 2.45) is 5.92 Å². The van der Waals surface area contributed by atoms with E-state index in [1.807, 2.05) is 35.2 Å². The van der Waals surface area contributed by atoms with Crippen LogP contribution in [0.2, 0.25) is 0 Å². The lowest BCUT2D eigenvalue weighted by Crippen LogP contribution is -2.49. The highest BCUT2D eigenvalue weighted by molar-refractivity contribution is 6.07. The molecule has 3 fully saturated rings. The lowest BCUT2D eigenvalue weighted by Gasteiger charge is -2.34. The molecule has 0 bridgehead atoms. The number of carbonyl (C=O) groups excluding carboxylic acids is 4. The third kappa shape index (κ3) is 10.9. The normalized spacial score (nSPS) is 16.3. The molecular formula is C54H58F2N8O7. The van der Waals surface area contributed by atoms with Crippen LogP contribution in [0.15, 0.2) is 85.2 Å². The quantitative estimate of drug-likeness (QED) is 0.0823. The Morgan fingerprint density at radius 3 is 2.37 bits per heavy atom. The molecule has 5 amide bonds. The van der Waals surface area contributed by atoms with Crippen molar-refractivity contribution in [1.29, 1.82) is 0 Å². The van der Waals surface area contributed by atoms with Crippen LogP contribution in [0.5, 0.6) is 11.5 Å². The highest BCUT2D eigenvalue weighted by Gasteiger charge is 2.30. The summed E-state index contributed by atoms with van der Waals surface area (Å²) in [6.45, 7) is 9.31. The van der Waals surface area contributed by atoms with Gasteiger partial charge in [-0.2, -0.15) is 0 Å². The number of amides is 5. The molecule has 0 atom stereocenters. The van der Waals surface area contributed by atoms with Gasteiger partial charge in [-0.3, -0.25) is 24.6 Å². The first-order valence-electron chi connectivity index (χ1n) is 24.2. The zero-order chi connectivity index (χ0) is 50.0. The van der Waals surface area contributed by atoms with Crippen molar-refractivity contribution in [1.82, 2.24) is 30.1 Å². The molecule has 3 aliphatic rings. The molecule has 0 saturated carbocycles. The number of halogens is 2. The summed E-state index contributed by atoms with van der Waals surface area (Å²) in [5.74, 6) is -0.773. The number of nitrogens with one attached hydrogen (secondary N) is 3. The summed E-state index contributed by atoms with van der Waals surface area (Å²) < 4.78 is 42.1. The Hall–Kier alpha value is -7.24. The van der Waals surface area contributed by atoms with Crippen molar-refractivity contribution >= 4 is 46.2 Å². The largest absolute Gasteiger partial charge is 0.495 e. The fourth-order valence-electron chi connectivity index (χ4n) is 9.83. The number of aliphatic hydroxyl groups is 1. The van der Waals surface area contributed by atoms with Crippen molar-refractivity contribution in [2.45, 2.75) is 77.4 Å². The molecule has 6 aromatic rings. The Morgan fingerprint density at radius 1 is 0.901 bits per heavy atom. The molecule has 3 saturated heterocycles. The number of methoxy groups -OCH3 is 1. The molecule has 0 radical (unpaired) electrons. The number of fused-ring (bicyclic) bond motifs is 1. The van der Waals surface area contributed by atoms with Crippen molar-refractivity contribution in [3.05, 3.63) is 119 Å². The number of aromatic nitrogens is 3. The van der Waals surface area contributed by atoms with Gasteiger partial charge < -0.3 is 34.7 Å². The second-order valence-corrected chi connectivity index (χ2v) is 19.2. The fourth-order valence-corrected chi connectivity index (χ4v) is 9.83. The van der Waals surface area contributed by atoms with E-state index in [-0.39, 0.29) is 42.1 Å². The van der Waals surface area contributed by atoms with Crippen LogP contribution in [-0.4, -0.2) is 106 Å². The van der Waals surface area contributed by atoms with Crippen LogP contribution in [0, 0.1) is 24.5 Å². The molecule has 17 heteroatoms. The predicted molar refractivity (Wildman–Crippen MR) is 266 cm³/mol. The predicted octanol–water partition coefficient (Wildman–Crippen LogP) is 8.99. The maximum Gasteiger partial charge on any atom is 0.328 e. The second kappa shape index (κ2) is 20.6. The topological polar surface area (TPSA) is 182 Å². The number of carbonyl (C=O) groups is 4. The van der Waals surface area contributed by atoms with Crippen molar-refractivity contribution < 1.29 is 42.5 Å². The Morgan fingerprint density at radius 2 is 1.66 bits per heavy atom. The Bertz CT molecular complexity index is 2980. The summed E-state index contributed by atoms with van der Waals surface area (Å²) in [5, 5.41) is 15.9. The van der Waals surface area contributed by atoms with Crippen molar-refractivity contribution in [3.8, 4) is 34.0 Å². The number of imide groups is 1. The minimum absolute atomic E-state index is 0.0733. The van der Waals surface area contributed by atoms with E-state index < -0.39 is 29.2 Å². The van der Waals surface area contributed by atoms with E-state index in [4.69, 9.17) is 9.47 Å². The molecule has 9 rings (SSSR count). The summed E-state index contributed by atoms with van der Waals surface area (Å²) in [6.07, 6.45) is 7.64. The molecular weight excluding hydrogens is 911 g/mol. The number of hydrogen-bond acceptors (Lipinski definition) is 10. The first kappa shape index (κ1) is 48.8. The van der Waals surface area contributed by atoms with Crippen LogP contribution >= 0.6 is 0 Å². The van der Waals surface area contributed by atoms with E-state index in [9.17, 15) is 24.3 Å². The molecule has 5 heterocycles. The van der Waals surface area contributed by atoms with Crippen LogP contribution in [0.25, 0.3) is 33.5 Å². The number of hydrogen-bond donors (Lipinski definition) is 4. The van der Waals surface area contributed by atoms with Gasteiger partial charge in [-0.05, 0) is 161 Å². The van der Waals surface area contributed by atoms with E-state index in [2.05, 4.69) is 30.5 Å². The summed E-state index contributed by atoms with van der Waals surface area (Å²) in [6, 6.07) is 20.8. The monoisotopic (exact) mass is 968 g/mol. The zero-order valence-electron chi connectivity index (χ0n) is 40.3. The van der Waals surface area contributed by atoms with Crippen LogP contribution in [0.1, 0.15) is 90.6 Å². The average molecular weight is 969 g/mol. The first-order valence-corrected chi connectivity index (χ1v) is 24.2. The maximum atomic E-state index is 15.2. The van der Waals surface area contributed by atoms with Crippen LogP contribution in [0.3, 0.4) is 0 Å². The van der Waals surface area contributed by atoms with Gasteiger partial charge in [0.05, 0.1) is 29.7 Å². The van der Waals surface area contributed by atoms with Gasteiger partial charge >= 0.3 is 6.03 Å². The van der Waals surface area contributed by atoms with E-state index in [1.54, 1.807) is 25.1 Å². The van der Waals surface area contributed by atoms with Crippen LogP contribution in [-0.2, 0) is 10.4 Å². The van der Waals surface area contributed by atoms with Gasteiger partial charge in [0, 0.05) is 67.0 Å². The van der Waals surface area contributed by atoms with Gasteiger partial charge in [0.1, 0.15) is 41.2 Å². The number of ether oxygens (including phenoxy) is 2. The first-order chi connectivity index (χ1) is 34.1. The molecule has 4 aromatic carbocycles. The summed E-state index contributed by atoms with van der Waals surface area (Å²) >= 11 is 0. The van der Waals surface area contributed by atoms with Crippen molar-refractivity contribution in [3.63, 3.8) is 0 Å². The van der Waals surface area contributed by atoms with Gasteiger partial charge in [-0.25, -0.2) is 23.5 Å². The van der Waals surface area contributed by atoms with Crippen LogP contribution < -0.4 is 25.0 Å². The number of likely N-dealkylation sites (tertiary alicyclic amines) is 2. The van der Waals surface area contributed by atoms with Gasteiger partial charge in [0.2, 0.25) is 5.91 Å². The lowest BCUT2D eigenvalue weighted by molar-refractivity contribution is -0.120. The third-order valence-electron chi connectivity index (χ3n) is 14.0. The van der Waals surface area contributed by atoms with E-state index in [1.165, 1.54) is 56.4 Å². The van der Waals surface area contributed by atoms with E-state index in [0.717, 1.165) is 81.2 Å². The van der Waals surface area contributed by atoms with Crippen LogP contribution in [0.4, 0.5) is 25.0 Å². The Balaban J connectivity index is 0.741. The van der Waals surface area contributed by atoms with Gasteiger partial charge in [0.25, 0.3) is 11.8 Å². The summed E-state index contributed by atoms with van der Waals surface area (Å²) in [7, 11) is 1.51. The van der Waals surface area contributed by atoms with Gasteiger partial charge in [-0.1, -0.05) is 6.07 Å². The summed E-state index contributed by atoms with van der Waals surface area (Å²) in [4.78, 5) is 69.2. The van der Waals surface area contributed by atoms with Crippen molar-refractivity contribution in [2.75, 3.05) is 56.6 Å². The number of aromatic amines is 1. The van der Waals surface area contributed by atoms with Gasteiger partial charge in [0.15, 0.2) is 0 Å². The minimum Gasteiger partial charge on any atom is -0.495 e. The Kier molecular flexibility index (Phi) is 14.2. The third-order valence-corrected chi connectivity index (χ3v) is 14.0. The average Bonchev–Trinajstić information content (AvgIpc) is 3.80. The lowest BCUT2D eigenvalue weighted by atomic mass is 9.91. The molecule has 0 spiro atoms. The molecule has 3 aliphatic heterocycles. The highest BCUT2D eigenvalue weighted by Crippen LogP contribution is 2.37. The number of nitrogens with zero attached hydrogens (tertiary/aromatic N) is 5. The van der Waals surface area contributed by atoms with E-state index >= 15 is 8.78 Å². The molecule has 2 aromatic heterocycles. The van der Waals surface area contributed by atoms with Gasteiger partial charge in [-0.15, -0.1) is 0 Å². The smallest absolute Gasteiger partial charge is 0.328 e. The number of urea groups is 1. The molecule has 0 unspecified atom stereocenters. The molecule has 71 heavy (non-hydrogen) atoms. The SMILES string of the molecule is COc1ccc(C(=O)N2CCC(CCCN3CCC(Oc4ccc(-c5cc6c(-c7cc(F)cc(NC(=O)c8ccc(C(C)(C)O)cc8F)c7C)ncnc6[nH]5)cc4)CC3)CC2)cc1N1CCC(=O)NC1=O. The number of rotatable bonds is 14. The van der Waals surface area contributed by atoms with E-state index in [0.29, 0.717) is 69.4 Å². The molecule has 0 aliphatic carbocycles. The Labute approximate surface area is 410 Å². The number of H-pyrrole nitrogens is 1. The summed E-state index contributed by atoms with van der Waals surface area (Å²) in [5.41, 5.74) is 3.55. The number of piperidine rings is 2. The standard InChI is InChI=1S/C54H58F2N8O7/c1-32-41(28-37(55)29-44(32)60-51(66)40-13-10-36(27-43(40)56)54(2,3)69)49-42-30-45(59-50(42)58-31-57-49)34-7-11-38(12-8-34)71-39-17-21-62(22-18-39)20-5-6-33-15-23-63(24-16-33)52(67)35-9-14-47(70-4)46(26-35)64-25-19-48(65)61-53(64)68/h7-14,26-31,33,39,69H,5-6,15-25H2,1-4H3,(H,60,66)(H,57,58,59)(H,61,65,68). The number of anilines is 2. The highest BCUT2D eigenvalue weighted by atomic mass is 19.1. The minimum atomic E-state index is -1.29. The molecule has 15 nitrogen and oxygen atoms in total. The zero-order valence-corrected chi connectivity index (χ0v) is 40.3.